The first-order chi connectivity index (χ1) is 9.63. The first-order valence-electron chi connectivity index (χ1n) is 6.29. The van der Waals surface area contributed by atoms with Crippen molar-refractivity contribution in [2.75, 3.05) is 7.11 Å². The van der Waals surface area contributed by atoms with Gasteiger partial charge in [-0.25, -0.2) is 4.98 Å². The van der Waals surface area contributed by atoms with Crippen LogP contribution in [-0.4, -0.2) is 28.4 Å². The van der Waals surface area contributed by atoms with E-state index in [2.05, 4.69) is 9.72 Å². The van der Waals surface area contributed by atoms with Crippen LogP contribution < -0.4 is 0 Å². The number of benzene rings is 1. The molecule has 0 aliphatic heterocycles. The number of hydrogen-bond donors (Lipinski definition) is 0. The maximum absolute atomic E-state index is 12.4. The second-order valence-electron chi connectivity index (χ2n) is 4.50. The summed E-state index contributed by atoms with van der Waals surface area (Å²) in [6, 6.07) is 7.26. The Kier molecular flexibility index (Phi) is 4.30. The van der Waals surface area contributed by atoms with E-state index in [1.54, 1.807) is 31.6 Å². The molecule has 104 valence electrons. The molecule has 1 heterocycles. The van der Waals surface area contributed by atoms with Crippen molar-refractivity contribution in [1.82, 2.24) is 9.55 Å². The topological polar surface area (TPSA) is 61.2 Å². The highest BCUT2D eigenvalue weighted by Gasteiger charge is 2.25. The van der Waals surface area contributed by atoms with Gasteiger partial charge in [0, 0.05) is 24.5 Å². The quantitative estimate of drug-likeness (QED) is 0.474. The number of nitrogens with zero attached hydrogens (tertiary/aromatic N) is 2. The van der Waals surface area contributed by atoms with Crippen LogP contribution >= 0.6 is 0 Å². The fraction of sp³-hybridized carbons (Fsp3) is 0.267. The number of carbonyl (C=O) groups is 2. The van der Waals surface area contributed by atoms with E-state index in [9.17, 15) is 9.59 Å². The predicted molar refractivity (Wildman–Crippen MR) is 73.3 cm³/mol. The number of carbonyl (C=O) groups excluding carboxylic acids is 2. The molecule has 0 saturated heterocycles. The number of imidazole rings is 1. The molecule has 0 bridgehead atoms. The molecule has 5 heteroatoms. The number of rotatable bonds is 5. The van der Waals surface area contributed by atoms with Gasteiger partial charge in [-0.05, 0) is 12.5 Å². The third-order valence-electron chi connectivity index (χ3n) is 3.14. The van der Waals surface area contributed by atoms with E-state index in [-0.39, 0.29) is 5.78 Å². The van der Waals surface area contributed by atoms with Gasteiger partial charge in [0.25, 0.3) is 0 Å². The van der Waals surface area contributed by atoms with E-state index >= 15 is 0 Å². The molecule has 1 unspecified atom stereocenters. The van der Waals surface area contributed by atoms with Crippen molar-refractivity contribution in [3.8, 4) is 0 Å². The Morgan fingerprint density at radius 2 is 2.10 bits per heavy atom. The molecule has 0 aliphatic carbocycles. The Bertz CT molecular complexity index is 605. The molecular formula is C15H16N2O3. The first-order valence-corrected chi connectivity index (χ1v) is 6.29. The second kappa shape index (κ2) is 6.14. The Hall–Kier alpha value is -2.43. The minimum Gasteiger partial charge on any atom is -0.468 e. The van der Waals surface area contributed by atoms with E-state index in [1.165, 1.54) is 7.11 Å². The van der Waals surface area contributed by atoms with Gasteiger partial charge in [-0.1, -0.05) is 24.3 Å². The lowest BCUT2D eigenvalue weighted by Crippen LogP contribution is -2.23. The van der Waals surface area contributed by atoms with Crippen LogP contribution in [0.15, 0.2) is 43.0 Å². The molecule has 0 amide bonds. The van der Waals surface area contributed by atoms with Crippen LogP contribution in [0.5, 0.6) is 0 Å². The highest BCUT2D eigenvalue weighted by atomic mass is 16.5. The molecule has 0 N–H and O–H groups in total. The van der Waals surface area contributed by atoms with Crippen LogP contribution in [0, 0.1) is 5.92 Å². The van der Waals surface area contributed by atoms with Crippen LogP contribution in [0.3, 0.4) is 0 Å². The van der Waals surface area contributed by atoms with Crippen LogP contribution in [0.4, 0.5) is 0 Å². The summed E-state index contributed by atoms with van der Waals surface area (Å²) in [6.07, 6.45) is 5.19. The van der Waals surface area contributed by atoms with Gasteiger partial charge in [-0.15, -0.1) is 0 Å². The van der Waals surface area contributed by atoms with Crippen molar-refractivity contribution in [3.63, 3.8) is 0 Å². The summed E-state index contributed by atoms with van der Waals surface area (Å²) in [5.41, 5.74) is 1.39. The van der Waals surface area contributed by atoms with E-state index in [0.29, 0.717) is 12.1 Å². The summed E-state index contributed by atoms with van der Waals surface area (Å²) in [6.45, 7) is 2.10. The zero-order chi connectivity index (χ0) is 14.5. The van der Waals surface area contributed by atoms with Crippen LogP contribution in [0.25, 0.3) is 0 Å². The summed E-state index contributed by atoms with van der Waals surface area (Å²) >= 11 is 0. The van der Waals surface area contributed by atoms with Crippen molar-refractivity contribution in [2.45, 2.75) is 13.5 Å². The highest BCUT2D eigenvalue weighted by Crippen LogP contribution is 2.16. The SMILES string of the molecule is COC(=O)C(C)C(=O)c1ccccc1Cn1ccnc1. The van der Waals surface area contributed by atoms with E-state index in [4.69, 9.17) is 0 Å². The molecule has 0 spiro atoms. The molecule has 1 aromatic heterocycles. The van der Waals surface area contributed by atoms with E-state index in [0.717, 1.165) is 5.56 Å². The minimum atomic E-state index is -0.802. The standard InChI is InChI=1S/C15H16N2O3/c1-11(15(19)20-2)14(18)13-6-4-3-5-12(13)9-17-8-7-16-10-17/h3-8,10-11H,9H2,1-2H3. The zero-order valence-electron chi connectivity index (χ0n) is 11.4. The average Bonchev–Trinajstić information content (AvgIpc) is 2.98. The molecule has 20 heavy (non-hydrogen) atoms. The fourth-order valence-corrected chi connectivity index (χ4v) is 1.99. The van der Waals surface area contributed by atoms with Crippen LogP contribution in [-0.2, 0) is 16.1 Å². The summed E-state index contributed by atoms with van der Waals surface area (Å²) in [5, 5.41) is 0. The van der Waals surface area contributed by atoms with Gasteiger partial charge in [0.1, 0.15) is 5.92 Å². The zero-order valence-corrected chi connectivity index (χ0v) is 11.4. The van der Waals surface area contributed by atoms with Gasteiger partial charge in [0.15, 0.2) is 5.78 Å². The highest BCUT2D eigenvalue weighted by molar-refractivity contribution is 6.09. The third-order valence-corrected chi connectivity index (χ3v) is 3.14. The smallest absolute Gasteiger partial charge is 0.316 e. The van der Waals surface area contributed by atoms with Gasteiger partial charge in [-0.3, -0.25) is 9.59 Å². The number of esters is 1. The van der Waals surface area contributed by atoms with Gasteiger partial charge >= 0.3 is 5.97 Å². The maximum Gasteiger partial charge on any atom is 0.316 e. The molecule has 1 atom stereocenters. The Labute approximate surface area is 117 Å². The van der Waals surface area contributed by atoms with Gasteiger partial charge in [0.2, 0.25) is 0 Å². The molecule has 0 aliphatic rings. The van der Waals surface area contributed by atoms with Crippen molar-refractivity contribution < 1.29 is 14.3 Å². The van der Waals surface area contributed by atoms with Gasteiger partial charge in [0.05, 0.1) is 13.4 Å². The second-order valence-corrected chi connectivity index (χ2v) is 4.50. The van der Waals surface area contributed by atoms with Crippen molar-refractivity contribution in [2.24, 2.45) is 5.92 Å². The Balaban J connectivity index is 2.27. The Morgan fingerprint density at radius 1 is 1.35 bits per heavy atom. The molecule has 0 fully saturated rings. The molecule has 1 aromatic carbocycles. The predicted octanol–water partition coefficient (Wildman–Crippen LogP) is 1.92. The summed E-state index contributed by atoms with van der Waals surface area (Å²) in [4.78, 5) is 27.8. The lowest BCUT2D eigenvalue weighted by Gasteiger charge is -2.12. The van der Waals surface area contributed by atoms with Crippen LogP contribution in [0.2, 0.25) is 0 Å². The number of ketones is 1. The molecule has 0 radical (unpaired) electrons. The first kappa shape index (κ1) is 14.0. The fourth-order valence-electron chi connectivity index (χ4n) is 1.99. The van der Waals surface area contributed by atoms with Gasteiger partial charge < -0.3 is 9.30 Å². The minimum absolute atomic E-state index is 0.229. The van der Waals surface area contributed by atoms with E-state index < -0.39 is 11.9 Å². The summed E-state index contributed by atoms with van der Waals surface area (Å²) < 4.78 is 6.50. The molecule has 2 aromatic rings. The van der Waals surface area contributed by atoms with Crippen molar-refractivity contribution in [3.05, 3.63) is 54.1 Å². The summed E-state index contributed by atoms with van der Waals surface area (Å²) in [7, 11) is 1.28. The molecule has 5 nitrogen and oxygen atoms in total. The largest absolute Gasteiger partial charge is 0.468 e. The lowest BCUT2D eigenvalue weighted by atomic mass is 9.95. The van der Waals surface area contributed by atoms with Crippen LogP contribution in [0.1, 0.15) is 22.8 Å². The number of methoxy groups -OCH3 is 1. The Morgan fingerprint density at radius 3 is 2.75 bits per heavy atom. The average molecular weight is 272 g/mol. The molecule has 2 rings (SSSR count). The monoisotopic (exact) mass is 272 g/mol. The molecular weight excluding hydrogens is 256 g/mol. The van der Waals surface area contributed by atoms with Crippen molar-refractivity contribution >= 4 is 11.8 Å². The van der Waals surface area contributed by atoms with Crippen molar-refractivity contribution in [1.29, 1.82) is 0 Å². The van der Waals surface area contributed by atoms with Gasteiger partial charge in [-0.2, -0.15) is 0 Å². The third kappa shape index (κ3) is 2.93. The number of aromatic nitrogens is 2. The number of Topliss-reactive ketones (excluding diaryl/α,β-unsaturated/α-hetero) is 1. The number of ether oxygens (including phenoxy) is 1. The normalized spacial score (nSPS) is 11.9. The number of hydrogen-bond acceptors (Lipinski definition) is 4. The summed E-state index contributed by atoms with van der Waals surface area (Å²) in [5.74, 6) is -1.55. The lowest BCUT2D eigenvalue weighted by molar-refractivity contribution is -0.143. The molecule has 0 saturated carbocycles. The van der Waals surface area contributed by atoms with E-state index in [1.807, 2.05) is 22.9 Å². The maximum atomic E-state index is 12.4.